The average Bonchev–Trinajstić information content (AvgIpc) is 3.35. The molecule has 2 N–H and O–H groups in total. The molecular formula is C25H43N5O2. The van der Waals surface area contributed by atoms with Crippen LogP contribution >= 0.6 is 0 Å². The molecule has 1 aromatic carbocycles. The van der Waals surface area contributed by atoms with Gasteiger partial charge in [-0.3, -0.25) is 9.89 Å². The summed E-state index contributed by atoms with van der Waals surface area (Å²) in [5, 5.41) is 6.82. The SMILES string of the molecule is CCNC(=NCCCOCC1CCCO1)NCCCCN1CCN(c2ccccc2)CC1. The van der Waals surface area contributed by atoms with Crippen LogP contribution in [0, 0.1) is 0 Å². The Labute approximate surface area is 194 Å². The molecule has 32 heavy (non-hydrogen) atoms. The van der Waals surface area contributed by atoms with Gasteiger partial charge in [-0.1, -0.05) is 18.2 Å². The molecule has 1 aromatic rings. The molecule has 2 aliphatic heterocycles. The van der Waals surface area contributed by atoms with Crippen LogP contribution in [0.1, 0.15) is 39.0 Å². The maximum Gasteiger partial charge on any atom is 0.191 e. The monoisotopic (exact) mass is 445 g/mol. The van der Waals surface area contributed by atoms with Gasteiger partial charge in [-0.15, -0.1) is 0 Å². The first kappa shape index (κ1) is 24.8. The van der Waals surface area contributed by atoms with Gasteiger partial charge in [0.05, 0.1) is 12.7 Å². The fraction of sp³-hybridized carbons (Fsp3) is 0.720. The van der Waals surface area contributed by atoms with E-state index >= 15 is 0 Å². The number of hydrogen-bond acceptors (Lipinski definition) is 5. The molecule has 0 saturated carbocycles. The number of guanidine groups is 1. The summed E-state index contributed by atoms with van der Waals surface area (Å²) < 4.78 is 11.3. The third kappa shape index (κ3) is 9.35. The van der Waals surface area contributed by atoms with E-state index in [0.717, 1.165) is 90.9 Å². The van der Waals surface area contributed by atoms with E-state index in [9.17, 15) is 0 Å². The van der Waals surface area contributed by atoms with Crippen molar-refractivity contribution < 1.29 is 9.47 Å². The Bertz CT molecular complexity index is 628. The lowest BCUT2D eigenvalue weighted by atomic mass is 10.2. The highest BCUT2D eigenvalue weighted by molar-refractivity contribution is 5.79. The molecule has 7 nitrogen and oxygen atoms in total. The largest absolute Gasteiger partial charge is 0.379 e. The van der Waals surface area contributed by atoms with E-state index in [1.807, 2.05) is 0 Å². The van der Waals surface area contributed by atoms with E-state index in [1.54, 1.807) is 0 Å². The van der Waals surface area contributed by atoms with Crippen molar-refractivity contribution in [3.05, 3.63) is 30.3 Å². The second-order valence-electron chi connectivity index (χ2n) is 8.62. The van der Waals surface area contributed by atoms with E-state index in [1.165, 1.54) is 25.1 Å². The molecule has 1 atom stereocenters. The number of nitrogens with zero attached hydrogens (tertiary/aromatic N) is 3. The van der Waals surface area contributed by atoms with Crippen LogP contribution in [-0.2, 0) is 9.47 Å². The molecule has 0 aliphatic carbocycles. The second kappa shape index (κ2) is 15.1. The van der Waals surface area contributed by atoms with Gasteiger partial charge in [-0.2, -0.15) is 0 Å². The average molecular weight is 446 g/mol. The molecule has 7 heteroatoms. The van der Waals surface area contributed by atoms with Crippen molar-refractivity contribution in [1.82, 2.24) is 15.5 Å². The van der Waals surface area contributed by atoms with Gasteiger partial charge in [0.2, 0.25) is 0 Å². The van der Waals surface area contributed by atoms with E-state index in [0.29, 0.717) is 6.10 Å². The summed E-state index contributed by atoms with van der Waals surface area (Å²) in [5.41, 5.74) is 1.35. The number of para-hydroxylation sites is 1. The van der Waals surface area contributed by atoms with Gasteiger partial charge in [0, 0.05) is 64.7 Å². The molecule has 0 spiro atoms. The van der Waals surface area contributed by atoms with Gasteiger partial charge < -0.3 is 25.0 Å². The minimum Gasteiger partial charge on any atom is -0.379 e. The summed E-state index contributed by atoms with van der Waals surface area (Å²) in [7, 11) is 0. The van der Waals surface area contributed by atoms with Crippen LogP contribution in [0.3, 0.4) is 0 Å². The normalized spacial score (nSPS) is 20.0. The highest BCUT2D eigenvalue weighted by Gasteiger charge is 2.16. The first-order valence-corrected chi connectivity index (χ1v) is 12.6. The molecule has 0 bridgehead atoms. The maximum absolute atomic E-state index is 5.72. The first-order valence-electron chi connectivity index (χ1n) is 12.6. The Hall–Kier alpha value is -1.83. The van der Waals surface area contributed by atoms with Crippen LogP contribution in [0.4, 0.5) is 5.69 Å². The molecule has 0 aromatic heterocycles. The summed E-state index contributed by atoms with van der Waals surface area (Å²) in [5.74, 6) is 0.920. The number of aliphatic imine (C=N–C) groups is 1. The zero-order valence-corrected chi connectivity index (χ0v) is 19.9. The van der Waals surface area contributed by atoms with E-state index < -0.39 is 0 Å². The van der Waals surface area contributed by atoms with Crippen LogP contribution in [0.25, 0.3) is 0 Å². The van der Waals surface area contributed by atoms with Gasteiger partial charge in [-0.05, 0) is 57.7 Å². The van der Waals surface area contributed by atoms with E-state index in [2.05, 4.69) is 62.7 Å². The number of hydrogen-bond donors (Lipinski definition) is 2. The fourth-order valence-electron chi connectivity index (χ4n) is 4.23. The maximum atomic E-state index is 5.72. The van der Waals surface area contributed by atoms with Crippen LogP contribution in [0.15, 0.2) is 35.3 Å². The summed E-state index contributed by atoms with van der Waals surface area (Å²) in [6.07, 6.45) is 5.93. The van der Waals surface area contributed by atoms with Crippen molar-refractivity contribution in [2.24, 2.45) is 4.99 Å². The second-order valence-corrected chi connectivity index (χ2v) is 8.62. The Morgan fingerprint density at radius 1 is 1.09 bits per heavy atom. The molecule has 180 valence electrons. The minimum absolute atomic E-state index is 0.310. The molecule has 0 radical (unpaired) electrons. The molecule has 0 amide bonds. The summed E-state index contributed by atoms with van der Waals surface area (Å²) in [4.78, 5) is 9.76. The number of anilines is 1. The highest BCUT2D eigenvalue weighted by Crippen LogP contribution is 2.15. The molecule has 2 heterocycles. The molecular weight excluding hydrogens is 402 g/mol. The number of unbranched alkanes of at least 4 members (excludes halogenated alkanes) is 1. The van der Waals surface area contributed by atoms with Crippen LogP contribution < -0.4 is 15.5 Å². The standard InChI is InChI=1S/C25H43N5O2/c1-2-26-25(28-14-9-20-31-22-24-12-8-21-32-24)27-13-6-7-15-29-16-18-30(19-17-29)23-10-4-3-5-11-23/h3-5,10-11,24H,2,6-9,12-22H2,1H3,(H2,26,27,28). The molecule has 2 aliphatic rings. The Balaban J connectivity index is 1.20. The van der Waals surface area contributed by atoms with Crippen molar-refractivity contribution in [2.45, 2.75) is 45.1 Å². The number of ether oxygens (including phenoxy) is 2. The molecule has 2 saturated heterocycles. The zero-order chi connectivity index (χ0) is 22.3. The van der Waals surface area contributed by atoms with Crippen LogP contribution in [-0.4, -0.2) is 89.1 Å². The predicted octanol–water partition coefficient (Wildman–Crippen LogP) is 2.73. The number of benzene rings is 1. The van der Waals surface area contributed by atoms with Crippen molar-refractivity contribution in [3.8, 4) is 0 Å². The predicted molar refractivity (Wildman–Crippen MR) is 133 cm³/mol. The number of nitrogens with one attached hydrogen (secondary N) is 2. The van der Waals surface area contributed by atoms with Crippen LogP contribution in [0.5, 0.6) is 0 Å². The Morgan fingerprint density at radius 3 is 2.69 bits per heavy atom. The van der Waals surface area contributed by atoms with Crippen molar-refractivity contribution in [3.63, 3.8) is 0 Å². The number of piperazine rings is 1. The van der Waals surface area contributed by atoms with Crippen molar-refractivity contribution in [2.75, 3.05) is 77.1 Å². The fourth-order valence-corrected chi connectivity index (χ4v) is 4.23. The van der Waals surface area contributed by atoms with Gasteiger partial charge in [0.15, 0.2) is 5.96 Å². The van der Waals surface area contributed by atoms with Gasteiger partial charge in [0.25, 0.3) is 0 Å². The summed E-state index contributed by atoms with van der Waals surface area (Å²) in [6.45, 7) is 12.8. The summed E-state index contributed by atoms with van der Waals surface area (Å²) in [6, 6.07) is 10.8. The Kier molecular flexibility index (Phi) is 11.7. The molecule has 1 unspecified atom stereocenters. The van der Waals surface area contributed by atoms with Gasteiger partial charge >= 0.3 is 0 Å². The lowest BCUT2D eigenvalue weighted by Gasteiger charge is -2.36. The van der Waals surface area contributed by atoms with E-state index in [4.69, 9.17) is 9.47 Å². The molecule has 2 fully saturated rings. The third-order valence-electron chi connectivity index (χ3n) is 6.08. The lowest BCUT2D eigenvalue weighted by molar-refractivity contribution is 0.0171. The molecule has 3 rings (SSSR count). The smallest absolute Gasteiger partial charge is 0.191 e. The van der Waals surface area contributed by atoms with Crippen molar-refractivity contribution in [1.29, 1.82) is 0 Å². The van der Waals surface area contributed by atoms with Crippen molar-refractivity contribution >= 4 is 11.6 Å². The quantitative estimate of drug-likeness (QED) is 0.277. The Morgan fingerprint density at radius 2 is 1.94 bits per heavy atom. The highest BCUT2D eigenvalue weighted by atomic mass is 16.5. The van der Waals surface area contributed by atoms with Gasteiger partial charge in [0.1, 0.15) is 0 Å². The topological polar surface area (TPSA) is 61.4 Å². The minimum atomic E-state index is 0.310. The zero-order valence-electron chi connectivity index (χ0n) is 19.9. The summed E-state index contributed by atoms with van der Waals surface area (Å²) >= 11 is 0. The van der Waals surface area contributed by atoms with Crippen LogP contribution in [0.2, 0.25) is 0 Å². The first-order chi connectivity index (χ1) is 15.8. The number of rotatable bonds is 13. The third-order valence-corrected chi connectivity index (χ3v) is 6.08. The lowest BCUT2D eigenvalue weighted by Crippen LogP contribution is -2.46. The van der Waals surface area contributed by atoms with Gasteiger partial charge in [-0.25, -0.2) is 0 Å². The van der Waals surface area contributed by atoms with E-state index in [-0.39, 0.29) is 0 Å².